The van der Waals surface area contributed by atoms with Crippen LogP contribution in [0.3, 0.4) is 0 Å². The molecule has 0 saturated heterocycles. The maximum absolute atomic E-state index is 12.6. The number of amides is 1. The van der Waals surface area contributed by atoms with E-state index in [4.69, 9.17) is 11.6 Å². The first-order valence-electron chi connectivity index (χ1n) is 8.12. The number of hydroxylamine groups is 1. The highest BCUT2D eigenvalue weighted by Crippen LogP contribution is 2.23. The van der Waals surface area contributed by atoms with E-state index >= 15 is 0 Å². The average molecular weight is 397 g/mol. The van der Waals surface area contributed by atoms with Crippen molar-refractivity contribution in [2.75, 3.05) is 11.8 Å². The normalized spacial score (nSPS) is 11.2. The molecule has 0 aromatic heterocycles. The van der Waals surface area contributed by atoms with Gasteiger partial charge in [-0.05, 0) is 48.7 Å². The maximum atomic E-state index is 12.6. The fraction of sp³-hybridized carbons (Fsp3) is 0.278. The van der Waals surface area contributed by atoms with Gasteiger partial charge >= 0.3 is 0 Å². The van der Waals surface area contributed by atoms with Crippen LogP contribution in [-0.2, 0) is 21.3 Å². The lowest BCUT2D eigenvalue weighted by Crippen LogP contribution is -2.23. The Morgan fingerprint density at radius 3 is 2.46 bits per heavy atom. The Balaban J connectivity index is 2.22. The van der Waals surface area contributed by atoms with Crippen LogP contribution in [0.2, 0.25) is 5.02 Å². The molecule has 1 amide bonds. The first-order chi connectivity index (χ1) is 12.4. The van der Waals surface area contributed by atoms with E-state index in [1.54, 1.807) is 12.1 Å². The second-order valence-corrected chi connectivity index (χ2v) is 7.77. The molecule has 2 rings (SSSR count). The molecular formula is C18H21ClN2O4S. The molecule has 2 aromatic rings. The lowest BCUT2D eigenvalue weighted by atomic mass is 10.1. The zero-order valence-electron chi connectivity index (χ0n) is 14.6. The van der Waals surface area contributed by atoms with Gasteiger partial charge in [-0.3, -0.25) is 14.4 Å². The minimum Gasteiger partial charge on any atom is -0.280 e. The van der Waals surface area contributed by atoms with Crippen LogP contribution in [0, 0.1) is 0 Å². The summed E-state index contributed by atoms with van der Waals surface area (Å²) in [5.74, 6) is -0.630. The summed E-state index contributed by atoms with van der Waals surface area (Å²) in [4.78, 5) is 16.4. The van der Waals surface area contributed by atoms with Crippen molar-refractivity contribution in [3.8, 4) is 0 Å². The highest BCUT2D eigenvalue weighted by molar-refractivity contribution is 7.92. The third kappa shape index (κ3) is 5.20. The molecule has 0 saturated carbocycles. The number of benzene rings is 2. The lowest BCUT2D eigenvalue weighted by molar-refractivity contribution is 0.0537. The summed E-state index contributed by atoms with van der Waals surface area (Å²) in [5.41, 5.74) is 3.72. The van der Waals surface area contributed by atoms with E-state index in [1.807, 2.05) is 12.1 Å². The number of rotatable bonds is 8. The highest BCUT2D eigenvalue weighted by atomic mass is 35.5. The van der Waals surface area contributed by atoms with Crippen molar-refractivity contribution in [2.24, 2.45) is 0 Å². The van der Waals surface area contributed by atoms with Gasteiger partial charge in [-0.25, -0.2) is 13.9 Å². The highest BCUT2D eigenvalue weighted by Gasteiger charge is 2.19. The predicted molar refractivity (Wildman–Crippen MR) is 102 cm³/mol. The smallest absolute Gasteiger partial charge is 0.276 e. The van der Waals surface area contributed by atoms with Gasteiger partial charge < -0.3 is 0 Å². The molecule has 0 atom stereocenters. The quantitative estimate of drug-likeness (QED) is 0.665. The third-order valence-corrected chi connectivity index (χ3v) is 5.42. The molecule has 0 radical (unpaired) electrons. The molecule has 0 unspecified atom stereocenters. The van der Waals surface area contributed by atoms with E-state index in [0.29, 0.717) is 5.69 Å². The molecule has 26 heavy (non-hydrogen) atoms. The topological polar surface area (TPSA) is 84.5 Å². The number of carbonyl (C=O) groups is 1. The minimum absolute atomic E-state index is 0.00584. The van der Waals surface area contributed by atoms with Crippen molar-refractivity contribution >= 4 is 33.2 Å². The molecule has 6 nitrogen and oxygen atoms in total. The van der Waals surface area contributed by atoms with Crippen molar-refractivity contribution in [1.82, 2.24) is 5.48 Å². The van der Waals surface area contributed by atoms with Crippen LogP contribution in [0.15, 0.2) is 47.4 Å². The molecule has 0 aliphatic heterocycles. The summed E-state index contributed by atoms with van der Waals surface area (Å²) in [5, 5.41) is 0.124. The molecule has 0 bridgehead atoms. The van der Waals surface area contributed by atoms with E-state index in [9.17, 15) is 13.2 Å². The van der Waals surface area contributed by atoms with Crippen molar-refractivity contribution in [3.63, 3.8) is 0 Å². The first kappa shape index (κ1) is 20.2. The largest absolute Gasteiger partial charge is 0.280 e. The van der Waals surface area contributed by atoms with Gasteiger partial charge in [0.2, 0.25) is 0 Å². The van der Waals surface area contributed by atoms with E-state index in [2.05, 4.69) is 22.0 Å². The number of anilines is 1. The van der Waals surface area contributed by atoms with Crippen molar-refractivity contribution < 1.29 is 18.0 Å². The Morgan fingerprint density at radius 1 is 1.15 bits per heavy atom. The van der Waals surface area contributed by atoms with Crippen LogP contribution in [0.4, 0.5) is 5.69 Å². The number of aryl methyl sites for hydroxylation is 1. The van der Waals surface area contributed by atoms with Crippen LogP contribution in [0.5, 0.6) is 0 Å². The zero-order chi connectivity index (χ0) is 19.2. The van der Waals surface area contributed by atoms with Crippen LogP contribution in [-0.4, -0.2) is 21.4 Å². The van der Waals surface area contributed by atoms with Gasteiger partial charge in [0.1, 0.15) is 0 Å². The molecule has 2 aromatic carbocycles. The number of halogens is 1. The molecule has 0 spiro atoms. The fourth-order valence-corrected chi connectivity index (χ4v) is 3.62. The SMILES string of the molecule is CCCCc1ccc(NS(=O)(=O)c2ccc(Cl)c(C(=O)NOC)c2)cc1. The Bertz CT molecular complexity index is 867. The summed E-state index contributed by atoms with van der Waals surface area (Å²) >= 11 is 5.96. The van der Waals surface area contributed by atoms with Gasteiger partial charge in [0.05, 0.1) is 22.6 Å². The lowest BCUT2D eigenvalue weighted by Gasteiger charge is -2.11. The standard InChI is InChI=1S/C18H21ClN2O4S/c1-3-4-5-13-6-8-14(9-7-13)21-26(23,24)15-10-11-17(19)16(12-15)18(22)20-25-2/h6-12,21H,3-5H2,1-2H3,(H,20,22). The molecule has 8 heteroatoms. The van der Waals surface area contributed by atoms with Gasteiger partial charge in [0.25, 0.3) is 15.9 Å². The Morgan fingerprint density at radius 2 is 1.85 bits per heavy atom. The van der Waals surface area contributed by atoms with Gasteiger partial charge in [0, 0.05) is 5.69 Å². The Hall–Kier alpha value is -2.09. The number of unbranched alkanes of at least 4 members (excludes halogenated alkanes) is 1. The number of sulfonamides is 1. The van der Waals surface area contributed by atoms with E-state index in [-0.39, 0.29) is 15.5 Å². The van der Waals surface area contributed by atoms with Crippen LogP contribution < -0.4 is 10.2 Å². The molecule has 140 valence electrons. The summed E-state index contributed by atoms with van der Waals surface area (Å²) in [6.45, 7) is 2.12. The average Bonchev–Trinajstić information content (AvgIpc) is 2.61. The van der Waals surface area contributed by atoms with Gasteiger partial charge in [-0.1, -0.05) is 37.1 Å². The fourth-order valence-electron chi connectivity index (χ4n) is 2.33. The van der Waals surface area contributed by atoms with Gasteiger partial charge in [-0.15, -0.1) is 0 Å². The molecular weight excluding hydrogens is 376 g/mol. The monoisotopic (exact) mass is 396 g/mol. The zero-order valence-corrected chi connectivity index (χ0v) is 16.2. The number of carbonyl (C=O) groups excluding carboxylic acids is 1. The minimum atomic E-state index is -3.86. The molecule has 0 aliphatic carbocycles. The van der Waals surface area contributed by atoms with Crippen molar-refractivity contribution in [1.29, 1.82) is 0 Å². The van der Waals surface area contributed by atoms with E-state index < -0.39 is 15.9 Å². The summed E-state index contributed by atoms with van der Waals surface area (Å²) in [6, 6.07) is 11.1. The molecule has 2 N–H and O–H groups in total. The summed E-state index contributed by atoms with van der Waals surface area (Å²) in [6.07, 6.45) is 3.14. The van der Waals surface area contributed by atoms with Gasteiger partial charge in [0.15, 0.2) is 0 Å². The Kier molecular flexibility index (Phi) is 7.02. The number of nitrogens with one attached hydrogen (secondary N) is 2. The van der Waals surface area contributed by atoms with E-state index in [0.717, 1.165) is 24.8 Å². The second-order valence-electron chi connectivity index (χ2n) is 5.68. The second kappa shape index (κ2) is 9.02. The third-order valence-electron chi connectivity index (χ3n) is 3.71. The van der Waals surface area contributed by atoms with Gasteiger partial charge in [-0.2, -0.15) is 0 Å². The maximum Gasteiger partial charge on any atom is 0.276 e. The van der Waals surface area contributed by atoms with Crippen molar-refractivity contribution in [2.45, 2.75) is 31.1 Å². The summed E-state index contributed by atoms with van der Waals surface area (Å²) < 4.78 is 27.7. The molecule has 0 fully saturated rings. The summed E-state index contributed by atoms with van der Waals surface area (Å²) in [7, 11) is -2.58. The number of hydrogen-bond acceptors (Lipinski definition) is 4. The molecule has 0 aliphatic rings. The van der Waals surface area contributed by atoms with Crippen LogP contribution in [0.1, 0.15) is 35.7 Å². The van der Waals surface area contributed by atoms with Crippen LogP contribution in [0.25, 0.3) is 0 Å². The van der Waals surface area contributed by atoms with Crippen molar-refractivity contribution in [3.05, 3.63) is 58.6 Å². The van der Waals surface area contributed by atoms with E-state index in [1.165, 1.54) is 25.3 Å². The van der Waals surface area contributed by atoms with Crippen LogP contribution >= 0.6 is 11.6 Å². The Labute approximate surface area is 158 Å². The first-order valence-corrected chi connectivity index (χ1v) is 9.98. The molecule has 0 heterocycles. The predicted octanol–water partition coefficient (Wildman–Crippen LogP) is 3.77. The number of hydrogen-bond donors (Lipinski definition) is 2.